The lowest BCUT2D eigenvalue weighted by molar-refractivity contribution is -0.160. The van der Waals surface area contributed by atoms with E-state index in [2.05, 4.69) is 12.2 Å². The lowest BCUT2D eigenvalue weighted by Crippen LogP contribution is -2.42. The molecule has 1 atom stereocenters. The van der Waals surface area contributed by atoms with Crippen LogP contribution in [0.5, 0.6) is 5.75 Å². The average Bonchev–Trinajstić information content (AvgIpc) is 2.65. The monoisotopic (exact) mass is 377 g/mol. The van der Waals surface area contributed by atoms with E-state index in [0.29, 0.717) is 31.7 Å². The van der Waals surface area contributed by atoms with Crippen molar-refractivity contribution in [2.45, 2.75) is 78.2 Å². The van der Waals surface area contributed by atoms with Crippen LogP contribution < -0.4 is 10.1 Å². The molecule has 1 aromatic carbocycles. The van der Waals surface area contributed by atoms with Crippen LogP contribution in [0.2, 0.25) is 0 Å². The van der Waals surface area contributed by atoms with Gasteiger partial charge in [0.2, 0.25) is 11.5 Å². The smallest absolute Gasteiger partial charge is 0.350 e. The number of unbranched alkanes of at least 4 members (excludes halogenated alkanes) is 3. The van der Waals surface area contributed by atoms with Crippen molar-refractivity contribution in [1.29, 1.82) is 0 Å². The van der Waals surface area contributed by atoms with Gasteiger partial charge in [0, 0.05) is 13.0 Å². The number of carbonyl (C=O) groups is 2. The maximum absolute atomic E-state index is 12.2. The summed E-state index contributed by atoms with van der Waals surface area (Å²) in [5.41, 5.74) is 0.0579. The van der Waals surface area contributed by atoms with Gasteiger partial charge in [-0.15, -0.1) is 0 Å². The molecule has 0 aliphatic carbocycles. The van der Waals surface area contributed by atoms with Gasteiger partial charge in [0.1, 0.15) is 5.75 Å². The van der Waals surface area contributed by atoms with E-state index in [9.17, 15) is 9.59 Å². The molecular weight excluding hydrogens is 342 g/mol. The zero-order valence-electron chi connectivity index (χ0n) is 17.3. The van der Waals surface area contributed by atoms with E-state index in [1.807, 2.05) is 31.2 Å². The van der Waals surface area contributed by atoms with Gasteiger partial charge >= 0.3 is 5.97 Å². The van der Waals surface area contributed by atoms with Crippen LogP contribution in [-0.4, -0.2) is 30.6 Å². The van der Waals surface area contributed by atoms with Crippen LogP contribution in [-0.2, 0) is 20.7 Å². The zero-order chi connectivity index (χ0) is 20.1. The number of amides is 1. The van der Waals surface area contributed by atoms with Gasteiger partial charge < -0.3 is 14.8 Å². The van der Waals surface area contributed by atoms with Crippen molar-refractivity contribution >= 4 is 11.9 Å². The van der Waals surface area contributed by atoms with Crippen molar-refractivity contribution in [3.8, 4) is 5.75 Å². The van der Waals surface area contributed by atoms with Crippen LogP contribution in [0.25, 0.3) is 0 Å². The van der Waals surface area contributed by atoms with Crippen LogP contribution in [0.1, 0.15) is 71.8 Å². The minimum absolute atomic E-state index is 0.111. The number of hydrogen-bond acceptors (Lipinski definition) is 4. The van der Waals surface area contributed by atoms with Gasteiger partial charge in [0.25, 0.3) is 0 Å². The van der Waals surface area contributed by atoms with Gasteiger partial charge in [0.15, 0.2) is 0 Å². The van der Waals surface area contributed by atoms with Crippen LogP contribution in [0.4, 0.5) is 0 Å². The maximum Gasteiger partial charge on any atom is 0.350 e. The highest BCUT2D eigenvalue weighted by Crippen LogP contribution is 2.24. The summed E-state index contributed by atoms with van der Waals surface area (Å²) >= 11 is 0. The van der Waals surface area contributed by atoms with Gasteiger partial charge in [-0.05, 0) is 50.8 Å². The SMILES string of the molecule is CCCCCCC(=O)NCCc1cccc(OC(C)(CC)C(=O)OCC)c1. The summed E-state index contributed by atoms with van der Waals surface area (Å²) in [5, 5.41) is 2.97. The molecule has 0 heterocycles. The Bertz CT molecular complexity index is 587. The van der Waals surface area contributed by atoms with E-state index < -0.39 is 5.60 Å². The molecule has 1 unspecified atom stereocenters. The first kappa shape index (κ1) is 23.0. The zero-order valence-corrected chi connectivity index (χ0v) is 17.3. The first-order chi connectivity index (χ1) is 12.9. The third kappa shape index (κ3) is 8.46. The highest BCUT2D eigenvalue weighted by atomic mass is 16.6. The molecule has 152 valence electrons. The number of hydrogen-bond donors (Lipinski definition) is 1. The molecule has 0 saturated heterocycles. The Morgan fingerprint density at radius 3 is 2.56 bits per heavy atom. The first-order valence-corrected chi connectivity index (χ1v) is 10.2. The second-order valence-corrected chi connectivity index (χ2v) is 6.96. The standard InChI is InChI=1S/C22H35NO4/c1-5-8-9-10-14-20(24)23-16-15-18-12-11-13-19(17-18)27-22(4,6-2)21(25)26-7-3/h11-13,17H,5-10,14-16H2,1-4H3,(H,23,24). The molecule has 1 N–H and O–H groups in total. The molecule has 0 aromatic heterocycles. The van der Waals surface area contributed by atoms with Crippen LogP contribution in [0, 0.1) is 0 Å². The normalized spacial score (nSPS) is 12.9. The number of carbonyl (C=O) groups excluding carboxylic acids is 2. The molecule has 5 nitrogen and oxygen atoms in total. The van der Waals surface area contributed by atoms with Crippen molar-refractivity contribution in [1.82, 2.24) is 5.32 Å². The molecule has 27 heavy (non-hydrogen) atoms. The Morgan fingerprint density at radius 1 is 1.11 bits per heavy atom. The summed E-state index contributed by atoms with van der Waals surface area (Å²) in [7, 11) is 0. The van der Waals surface area contributed by atoms with E-state index >= 15 is 0 Å². The van der Waals surface area contributed by atoms with Crippen LogP contribution in [0.15, 0.2) is 24.3 Å². The van der Waals surface area contributed by atoms with Crippen molar-refractivity contribution in [3.05, 3.63) is 29.8 Å². The van der Waals surface area contributed by atoms with E-state index in [0.717, 1.165) is 24.8 Å². The number of nitrogens with one attached hydrogen (secondary N) is 1. The highest BCUT2D eigenvalue weighted by Gasteiger charge is 2.35. The largest absolute Gasteiger partial charge is 0.476 e. The molecule has 1 amide bonds. The van der Waals surface area contributed by atoms with Gasteiger partial charge in [-0.25, -0.2) is 4.79 Å². The van der Waals surface area contributed by atoms with Gasteiger partial charge in [-0.1, -0.05) is 45.2 Å². The van der Waals surface area contributed by atoms with Crippen molar-refractivity contribution in [3.63, 3.8) is 0 Å². The third-order valence-electron chi connectivity index (χ3n) is 4.62. The Kier molecular flexibility index (Phi) is 10.5. The summed E-state index contributed by atoms with van der Waals surface area (Å²) < 4.78 is 11.1. The second kappa shape index (κ2) is 12.4. The van der Waals surface area contributed by atoms with E-state index in [1.165, 1.54) is 12.8 Å². The maximum atomic E-state index is 12.2. The van der Waals surface area contributed by atoms with E-state index in [-0.39, 0.29) is 11.9 Å². The summed E-state index contributed by atoms with van der Waals surface area (Å²) in [6.45, 7) is 8.52. The molecule has 0 spiro atoms. The van der Waals surface area contributed by atoms with Crippen LogP contribution in [0.3, 0.4) is 0 Å². The lowest BCUT2D eigenvalue weighted by Gasteiger charge is -2.27. The molecule has 0 saturated carbocycles. The molecular formula is C22H35NO4. The van der Waals surface area contributed by atoms with Gasteiger partial charge in [-0.3, -0.25) is 4.79 Å². The predicted molar refractivity (Wildman–Crippen MR) is 108 cm³/mol. The fraction of sp³-hybridized carbons (Fsp3) is 0.636. The highest BCUT2D eigenvalue weighted by molar-refractivity contribution is 5.79. The Morgan fingerprint density at radius 2 is 1.89 bits per heavy atom. The second-order valence-electron chi connectivity index (χ2n) is 6.96. The van der Waals surface area contributed by atoms with Crippen LogP contribution >= 0.6 is 0 Å². The molecule has 1 aromatic rings. The fourth-order valence-electron chi connectivity index (χ4n) is 2.71. The molecule has 5 heteroatoms. The summed E-state index contributed by atoms with van der Waals surface area (Å²) in [5.74, 6) is 0.392. The Hall–Kier alpha value is -2.04. The number of ether oxygens (including phenoxy) is 2. The average molecular weight is 378 g/mol. The predicted octanol–water partition coefficient (Wildman–Crippen LogP) is 4.43. The Balaban J connectivity index is 2.51. The van der Waals surface area contributed by atoms with E-state index in [1.54, 1.807) is 13.8 Å². The fourth-order valence-corrected chi connectivity index (χ4v) is 2.71. The summed E-state index contributed by atoms with van der Waals surface area (Å²) in [6.07, 6.45) is 6.25. The third-order valence-corrected chi connectivity index (χ3v) is 4.62. The van der Waals surface area contributed by atoms with E-state index in [4.69, 9.17) is 9.47 Å². The number of benzene rings is 1. The number of esters is 1. The van der Waals surface area contributed by atoms with Gasteiger partial charge in [-0.2, -0.15) is 0 Å². The summed E-state index contributed by atoms with van der Waals surface area (Å²) in [4.78, 5) is 24.0. The minimum atomic E-state index is -0.999. The molecule has 0 aliphatic heterocycles. The lowest BCUT2D eigenvalue weighted by atomic mass is 10.0. The Labute approximate surface area is 163 Å². The van der Waals surface area contributed by atoms with Crippen molar-refractivity contribution in [2.75, 3.05) is 13.2 Å². The topological polar surface area (TPSA) is 64.6 Å². The molecule has 0 radical (unpaired) electrons. The molecule has 1 rings (SSSR count). The van der Waals surface area contributed by atoms with Gasteiger partial charge in [0.05, 0.1) is 6.61 Å². The minimum Gasteiger partial charge on any atom is -0.476 e. The summed E-state index contributed by atoms with van der Waals surface area (Å²) in [6, 6.07) is 7.65. The van der Waals surface area contributed by atoms with Crippen molar-refractivity contribution < 1.29 is 19.1 Å². The number of rotatable bonds is 13. The molecule has 0 bridgehead atoms. The van der Waals surface area contributed by atoms with Crippen molar-refractivity contribution in [2.24, 2.45) is 0 Å². The first-order valence-electron chi connectivity index (χ1n) is 10.2. The molecule has 0 fully saturated rings. The quantitative estimate of drug-likeness (QED) is 0.408. The molecule has 0 aliphatic rings.